The first-order chi connectivity index (χ1) is 8.66. The quantitative estimate of drug-likeness (QED) is 0.656. The molecule has 1 fully saturated rings. The summed E-state index contributed by atoms with van der Waals surface area (Å²) in [6.07, 6.45) is 6.30. The van der Waals surface area contributed by atoms with E-state index >= 15 is 0 Å². The van der Waals surface area contributed by atoms with Gasteiger partial charge in [0.15, 0.2) is 0 Å². The van der Waals surface area contributed by atoms with E-state index < -0.39 is 0 Å². The highest BCUT2D eigenvalue weighted by Crippen LogP contribution is 2.26. The van der Waals surface area contributed by atoms with Gasteiger partial charge in [0.05, 0.1) is 4.92 Å². The van der Waals surface area contributed by atoms with Crippen LogP contribution in [0.25, 0.3) is 0 Å². The first-order valence-corrected chi connectivity index (χ1v) is 6.52. The number of hydrogen-bond donors (Lipinski definition) is 1. The van der Waals surface area contributed by atoms with Gasteiger partial charge < -0.3 is 5.32 Å². The highest BCUT2D eigenvalue weighted by atomic mass is 16.6. The zero-order chi connectivity index (χ0) is 13.0. The van der Waals surface area contributed by atoms with Crippen LogP contribution in [0.5, 0.6) is 0 Å². The van der Waals surface area contributed by atoms with Crippen molar-refractivity contribution in [3.05, 3.63) is 27.9 Å². The molecule has 0 atom stereocenters. The number of nitro groups is 1. The Morgan fingerprint density at radius 3 is 2.78 bits per heavy atom. The predicted molar refractivity (Wildman–Crippen MR) is 70.7 cm³/mol. The van der Waals surface area contributed by atoms with Gasteiger partial charge in [0.2, 0.25) is 5.82 Å². The van der Waals surface area contributed by atoms with Crippen LogP contribution in [0.15, 0.2) is 12.1 Å². The second-order valence-electron chi connectivity index (χ2n) is 4.96. The van der Waals surface area contributed by atoms with Gasteiger partial charge in [-0.15, -0.1) is 0 Å². The van der Waals surface area contributed by atoms with Gasteiger partial charge in [0.25, 0.3) is 0 Å². The van der Waals surface area contributed by atoms with Crippen molar-refractivity contribution in [1.29, 1.82) is 0 Å². The smallest absolute Gasteiger partial charge is 0.311 e. The zero-order valence-electron chi connectivity index (χ0n) is 10.7. The molecule has 1 aromatic heterocycles. The minimum Gasteiger partial charge on any atom is -0.364 e. The first kappa shape index (κ1) is 12.8. The molecule has 5 heteroatoms. The van der Waals surface area contributed by atoms with E-state index in [0.717, 1.165) is 12.2 Å². The molecule has 1 heterocycles. The van der Waals surface area contributed by atoms with Crippen molar-refractivity contribution < 1.29 is 4.92 Å². The van der Waals surface area contributed by atoms with Crippen molar-refractivity contribution in [2.75, 3.05) is 11.9 Å². The zero-order valence-corrected chi connectivity index (χ0v) is 10.7. The van der Waals surface area contributed by atoms with Crippen LogP contribution in [0.1, 0.15) is 37.8 Å². The second-order valence-corrected chi connectivity index (χ2v) is 4.96. The molecule has 0 amide bonds. The van der Waals surface area contributed by atoms with Gasteiger partial charge in [-0.2, -0.15) is 0 Å². The van der Waals surface area contributed by atoms with Crippen LogP contribution in [-0.2, 0) is 0 Å². The SMILES string of the molecule is Cc1ccc([N+](=O)[O-])c(NCC2CCCCC2)n1. The van der Waals surface area contributed by atoms with Gasteiger partial charge in [0.1, 0.15) is 0 Å². The molecule has 18 heavy (non-hydrogen) atoms. The number of nitrogens with one attached hydrogen (secondary N) is 1. The molecule has 0 saturated heterocycles. The predicted octanol–water partition coefficient (Wildman–Crippen LogP) is 3.29. The van der Waals surface area contributed by atoms with Crippen LogP contribution >= 0.6 is 0 Å². The summed E-state index contributed by atoms with van der Waals surface area (Å²) in [7, 11) is 0. The Balaban J connectivity index is 2.03. The Morgan fingerprint density at radius 1 is 1.39 bits per heavy atom. The van der Waals surface area contributed by atoms with Crippen molar-refractivity contribution in [1.82, 2.24) is 4.98 Å². The van der Waals surface area contributed by atoms with Crippen molar-refractivity contribution in [3.63, 3.8) is 0 Å². The molecule has 0 unspecified atom stereocenters. The molecule has 1 saturated carbocycles. The number of anilines is 1. The molecule has 1 N–H and O–H groups in total. The fourth-order valence-corrected chi connectivity index (χ4v) is 2.46. The Bertz CT molecular complexity index is 428. The first-order valence-electron chi connectivity index (χ1n) is 6.52. The fourth-order valence-electron chi connectivity index (χ4n) is 2.46. The highest BCUT2D eigenvalue weighted by molar-refractivity contribution is 5.56. The van der Waals surface area contributed by atoms with Crippen LogP contribution < -0.4 is 5.32 Å². The van der Waals surface area contributed by atoms with Crippen LogP contribution in [-0.4, -0.2) is 16.5 Å². The molecule has 1 aliphatic rings. The van der Waals surface area contributed by atoms with Gasteiger partial charge >= 0.3 is 5.69 Å². The molecule has 0 bridgehead atoms. The van der Waals surface area contributed by atoms with Crippen molar-refractivity contribution in [2.45, 2.75) is 39.0 Å². The molecule has 0 aromatic carbocycles. The lowest BCUT2D eigenvalue weighted by Gasteiger charge is -2.21. The van der Waals surface area contributed by atoms with Gasteiger partial charge in [-0.1, -0.05) is 19.3 Å². The number of nitrogens with zero attached hydrogens (tertiary/aromatic N) is 2. The van der Waals surface area contributed by atoms with E-state index in [1.165, 1.54) is 38.2 Å². The standard InChI is InChI=1S/C13H19N3O2/c1-10-7-8-12(16(17)18)13(15-10)14-9-11-5-3-2-4-6-11/h7-8,11H,2-6,9H2,1H3,(H,14,15). The Hall–Kier alpha value is -1.65. The molecule has 98 valence electrons. The van der Waals surface area contributed by atoms with Crippen LogP contribution in [0.4, 0.5) is 11.5 Å². The Labute approximate surface area is 107 Å². The van der Waals surface area contributed by atoms with E-state index in [1.807, 2.05) is 6.92 Å². The highest BCUT2D eigenvalue weighted by Gasteiger charge is 2.18. The summed E-state index contributed by atoms with van der Waals surface area (Å²) >= 11 is 0. The van der Waals surface area contributed by atoms with Crippen LogP contribution in [0, 0.1) is 23.0 Å². The van der Waals surface area contributed by atoms with Crippen molar-refractivity contribution in [3.8, 4) is 0 Å². The average molecular weight is 249 g/mol. The molecule has 5 nitrogen and oxygen atoms in total. The third-order valence-corrected chi connectivity index (χ3v) is 3.49. The topological polar surface area (TPSA) is 68.1 Å². The summed E-state index contributed by atoms with van der Waals surface area (Å²) in [6, 6.07) is 3.19. The molecule has 0 aliphatic heterocycles. The van der Waals surface area contributed by atoms with Gasteiger partial charge in [-0.05, 0) is 31.7 Å². The summed E-state index contributed by atoms with van der Waals surface area (Å²) in [5.74, 6) is 1.03. The molecule has 1 aromatic rings. The summed E-state index contributed by atoms with van der Waals surface area (Å²) in [5.41, 5.74) is 0.864. The normalized spacial score (nSPS) is 16.5. The van der Waals surface area contributed by atoms with E-state index in [1.54, 1.807) is 6.07 Å². The maximum atomic E-state index is 10.9. The fraction of sp³-hybridized carbons (Fsp3) is 0.615. The van der Waals surface area contributed by atoms with E-state index in [4.69, 9.17) is 0 Å². The van der Waals surface area contributed by atoms with Gasteiger partial charge in [0, 0.05) is 18.3 Å². The number of hydrogen-bond acceptors (Lipinski definition) is 4. The molecular weight excluding hydrogens is 230 g/mol. The summed E-state index contributed by atoms with van der Waals surface area (Å²) in [5, 5.41) is 14.1. The Kier molecular flexibility index (Phi) is 4.12. The summed E-state index contributed by atoms with van der Waals surface area (Å²) in [6.45, 7) is 2.63. The van der Waals surface area contributed by atoms with E-state index in [-0.39, 0.29) is 10.6 Å². The van der Waals surface area contributed by atoms with Gasteiger partial charge in [-0.25, -0.2) is 4.98 Å². The van der Waals surface area contributed by atoms with Crippen molar-refractivity contribution >= 4 is 11.5 Å². The lowest BCUT2D eigenvalue weighted by atomic mass is 9.89. The molecule has 0 spiro atoms. The monoisotopic (exact) mass is 249 g/mol. The maximum absolute atomic E-state index is 10.9. The number of rotatable bonds is 4. The Morgan fingerprint density at radius 2 is 2.11 bits per heavy atom. The maximum Gasteiger partial charge on any atom is 0.311 e. The van der Waals surface area contributed by atoms with Gasteiger partial charge in [-0.3, -0.25) is 10.1 Å². The van der Waals surface area contributed by atoms with Crippen LogP contribution in [0.2, 0.25) is 0 Å². The second kappa shape index (κ2) is 5.80. The minimum absolute atomic E-state index is 0.0661. The molecule has 2 rings (SSSR count). The summed E-state index contributed by atoms with van der Waals surface area (Å²) in [4.78, 5) is 14.8. The number of aryl methyl sites for hydroxylation is 1. The largest absolute Gasteiger partial charge is 0.364 e. The van der Waals surface area contributed by atoms with Crippen molar-refractivity contribution in [2.24, 2.45) is 5.92 Å². The minimum atomic E-state index is -0.379. The molecule has 0 radical (unpaired) electrons. The van der Waals surface area contributed by atoms with E-state index in [0.29, 0.717) is 11.7 Å². The van der Waals surface area contributed by atoms with Crippen LogP contribution in [0.3, 0.4) is 0 Å². The third-order valence-electron chi connectivity index (χ3n) is 3.49. The number of pyridine rings is 1. The third kappa shape index (κ3) is 3.18. The lowest BCUT2D eigenvalue weighted by Crippen LogP contribution is -2.18. The van der Waals surface area contributed by atoms with E-state index in [2.05, 4.69) is 10.3 Å². The average Bonchev–Trinajstić information content (AvgIpc) is 2.37. The molecule has 1 aliphatic carbocycles. The number of aromatic nitrogens is 1. The van der Waals surface area contributed by atoms with E-state index in [9.17, 15) is 10.1 Å². The molecular formula is C13H19N3O2. The summed E-state index contributed by atoms with van der Waals surface area (Å²) < 4.78 is 0. The lowest BCUT2D eigenvalue weighted by molar-refractivity contribution is -0.384.